The van der Waals surface area contributed by atoms with Crippen molar-refractivity contribution in [2.24, 2.45) is 0 Å². The van der Waals surface area contributed by atoms with Crippen LogP contribution < -0.4 is 15.4 Å². The molecule has 9 nitrogen and oxygen atoms in total. The smallest absolute Gasteiger partial charge is 0.303 e. The Morgan fingerprint density at radius 2 is 1.69 bits per heavy atom. The van der Waals surface area contributed by atoms with Gasteiger partial charge in [-0.25, -0.2) is 8.42 Å². The highest BCUT2D eigenvalue weighted by molar-refractivity contribution is 7.89. The molecular weight excluding hydrogens is 362 g/mol. The number of anilines is 1. The summed E-state index contributed by atoms with van der Waals surface area (Å²) < 4.78 is 26.9. The van der Waals surface area contributed by atoms with E-state index in [9.17, 15) is 22.8 Å². The molecule has 0 saturated heterocycles. The average Bonchev–Trinajstić information content (AvgIpc) is 2.52. The summed E-state index contributed by atoms with van der Waals surface area (Å²) in [7, 11) is -3.93. The molecular formula is C16H23N3O6S. The lowest BCUT2D eigenvalue weighted by atomic mass is 10.2. The van der Waals surface area contributed by atoms with E-state index in [0.29, 0.717) is 5.69 Å². The zero-order valence-corrected chi connectivity index (χ0v) is 15.6. The van der Waals surface area contributed by atoms with E-state index in [1.807, 2.05) is 0 Å². The van der Waals surface area contributed by atoms with E-state index in [4.69, 9.17) is 5.11 Å². The fourth-order valence-corrected chi connectivity index (χ4v) is 3.26. The molecule has 2 atom stereocenters. The fourth-order valence-electron chi connectivity index (χ4n) is 2.05. The molecule has 1 aromatic rings. The molecule has 0 aliphatic heterocycles. The molecule has 0 radical (unpaired) electrons. The molecule has 0 aromatic heterocycles. The molecule has 0 aliphatic rings. The first-order valence-corrected chi connectivity index (χ1v) is 9.41. The van der Waals surface area contributed by atoms with E-state index in [2.05, 4.69) is 15.4 Å². The van der Waals surface area contributed by atoms with E-state index in [1.165, 1.54) is 38.1 Å². The van der Waals surface area contributed by atoms with Gasteiger partial charge in [0.1, 0.15) is 0 Å². The molecule has 0 fully saturated rings. The van der Waals surface area contributed by atoms with Crippen LogP contribution in [0, 0.1) is 0 Å². The van der Waals surface area contributed by atoms with E-state index in [1.54, 1.807) is 6.92 Å². The zero-order chi connectivity index (χ0) is 19.9. The molecule has 2 amide bonds. The third kappa shape index (κ3) is 7.19. The van der Waals surface area contributed by atoms with Crippen molar-refractivity contribution in [2.45, 2.75) is 50.6 Å². The monoisotopic (exact) mass is 385 g/mol. The molecule has 0 spiro atoms. The molecule has 1 rings (SSSR count). The minimum absolute atomic E-state index is 0.0508. The summed E-state index contributed by atoms with van der Waals surface area (Å²) in [4.78, 5) is 33.5. The first kappa shape index (κ1) is 21.6. The second-order valence-corrected chi connectivity index (χ2v) is 7.60. The topological polar surface area (TPSA) is 142 Å². The maximum absolute atomic E-state index is 12.3. The normalized spacial score (nSPS) is 13.5. The largest absolute Gasteiger partial charge is 0.481 e. The van der Waals surface area contributed by atoms with Crippen molar-refractivity contribution in [1.29, 1.82) is 0 Å². The van der Waals surface area contributed by atoms with Crippen LogP contribution in [0.4, 0.5) is 5.69 Å². The number of benzene rings is 1. The van der Waals surface area contributed by atoms with Crippen LogP contribution >= 0.6 is 0 Å². The number of aliphatic carboxylic acids is 1. The molecule has 0 bridgehead atoms. The van der Waals surface area contributed by atoms with Gasteiger partial charge in [-0.15, -0.1) is 0 Å². The van der Waals surface area contributed by atoms with Gasteiger partial charge in [0.15, 0.2) is 0 Å². The Morgan fingerprint density at radius 1 is 1.12 bits per heavy atom. The van der Waals surface area contributed by atoms with Gasteiger partial charge in [-0.05, 0) is 44.5 Å². The quantitative estimate of drug-likeness (QED) is 0.492. The van der Waals surface area contributed by atoms with Gasteiger partial charge in [0, 0.05) is 25.1 Å². The summed E-state index contributed by atoms with van der Waals surface area (Å²) in [5.74, 6) is -1.80. The molecule has 2 unspecified atom stereocenters. The van der Waals surface area contributed by atoms with Gasteiger partial charge in [0.2, 0.25) is 21.8 Å². The van der Waals surface area contributed by atoms with Gasteiger partial charge in [-0.3, -0.25) is 14.4 Å². The predicted octanol–water partition coefficient (Wildman–Crippen LogP) is 0.681. The predicted molar refractivity (Wildman–Crippen MR) is 95.0 cm³/mol. The maximum Gasteiger partial charge on any atom is 0.303 e. The average molecular weight is 385 g/mol. The highest BCUT2D eigenvalue weighted by Gasteiger charge is 2.23. The van der Waals surface area contributed by atoms with Crippen LogP contribution in [-0.4, -0.2) is 43.4 Å². The molecule has 0 heterocycles. The third-order valence-electron chi connectivity index (χ3n) is 3.39. The molecule has 0 aliphatic carbocycles. The van der Waals surface area contributed by atoms with Crippen molar-refractivity contribution in [2.75, 3.05) is 5.32 Å². The van der Waals surface area contributed by atoms with Crippen molar-refractivity contribution < 1.29 is 27.9 Å². The Labute approximate surface area is 152 Å². The first-order chi connectivity index (χ1) is 12.0. The Morgan fingerprint density at radius 3 is 2.19 bits per heavy atom. The minimum Gasteiger partial charge on any atom is -0.481 e. The first-order valence-electron chi connectivity index (χ1n) is 7.93. The van der Waals surface area contributed by atoms with Crippen LogP contribution in [0.5, 0.6) is 0 Å². The van der Waals surface area contributed by atoms with Crippen LogP contribution in [0.1, 0.15) is 33.6 Å². The van der Waals surface area contributed by atoms with Gasteiger partial charge in [0.25, 0.3) is 0 Å². The Balaban J connectivity index is 2.68. The summed E-state index contributed by atoms with van der Waals surface area (Å²) >= 11 is 0. The molecule has 26 heavy (non-hydrogen) atoms. The minimum atomic E-state index is -3.93. The second kappa shape index (κ2) is 9.30. The van der Waals surface area contributed by atoms with Crippen LogP contribution in [-0.2, 0) is 24.4 Å². The van der Waals surface area contributed by atoms with Gasteiger partial charge in [0.05, 0.1) is 10.9 Å². The van der Waals surface area contributed by atoms with Crippen molar-refractivity contribution in [3.05, 3.63) is 24.3 Å². The number of nitrogens with one attached hydrogen (secondary N) is 3. The highest BCUT2D eigenvalue weighted by Crippen LogP contribution is 2.14. The van der Waals surface area contributed by atoms with E-state index >= 15 is 0 Å². The van der Waals surface area contributed by atoms with Gasteiger partial charge < -0.3 is 15.7 Å². The van der Waals surface area contributed by atoms with E-state index in [-0.39, 0.29) is 23.6 Å². The Bertz CT molecular complexity index is 761. The van der Waals surface area contributed by atoms with E-state index in [0.717, 1.165) is 0 Å². The SMILES string of the molecule is CC(=O)Nc1ccc(S(=O)(=O)NC(C)C(=O)NC(C)CCC(=O)O)cc1. The van der Waals surface area contributed by atoms with Gasteiger partial charge in [-0.2, -0.15) is 4.72 Å². The van der Waals surface area contributed by atoms with Crippen molar-refractivity contribution >= 4 is 33.5 Å². The number of hydrogen-bond acceptors (Lipinski definition) is 5. The van der Waals surface area contributed by atoms with Crippen LogP contribution in [0.3, 0.4) is 0 Å². The summed E-state index contributed by atoms with van der Waals surface area (Å²) in [6, 6.07) is 4.06. The van der Waals surface area contributed by atoms with Crippen molar-refractivity contribution in [1.82, 2.24) is 10.0 Å². The Kier molecular flexibility index (Phi) is 7.72. The van der Waals surface area contributed by atoms with Crippen molar-refractivity contribution in [3.8, 4) is 0 Å². The zero-order valence-electron chi connectivity index (χ0n) is 14.8. The summed E-state index contributed by atoms with van der Waals surface area (Å²) in [6.45, 7) is 4.37. The number of rotatable bonds is 9. The molecule has 144 valence electrons. The molecule has 1 aromatic carbocycles. The molecule has 0 saturated carbocycles. The summed E-state index contributed by atoms with van der Waals surface area (Å²) in [5.41, 5.74) is 0.453. The van der Waals surface area contributed by atoms with Gasteiger partial charge >= 0.3 is 5.97 Å². The van der Waals surface area contributed by atoms with E-state index < -0.39 is 34.0 Å². The lowest BCUT2D eigenvalue weighted by molar-refractivity contribution is -0.137. The molecule has 10 heteroatoms. The van der Waals surface area contributed by atoms with Crippen molar-refractivity contribution in [3.63, 3.8) is 0 Å². The third-order valence-corrected chi connectivity index (χ3v) is 4.95. The fraction of sp³-hybridized carbons (Fsp3) is 0.438. The number of amides is 2. The van der Waals surface area contributed by atoms with Crippen LogP contribution in [0.2, 0.25) is 0 Å². The number of carboxylic acids is 1. The summed E-state index contributed by atoms with van der Waals surface area (Å²) in [5, 5.41) is 13.7. The van der Waals surface area contributed by atoms with Gasteiger partial charge in [-0.1, -0.05) is 0 Å². The highest BCUT2D eigenvalue weighted by atomic mass is 32.2. The number of carbonyl (C=O) groups excluding carboxylic acids is 2. The van der Waals surface area contributed by atoms with Crippen LogP contribution in [0.25, 0.3) is 0 Å². The summed E-state index contributed by atoms with van der Waals surface area (Å²) in [6.07, 6.45) is 0.146. The lowest BCUT2D eigenvalue weighted by Gasteiger charge is -2.18. The number of hydrogen-bond donors (Lipinski definition) is 4. The molecule has 4 N–H and O–H groups in total. The number of carboxylic acid groups (broad SMARTS) is 1. The van der Waals surface area contributed by atoms with Crippen LogP contribution in [0.15, 0.2) is 29.2 Å². The maximum atomic E-state index is 12.3. The Hall–Kier alpha value is -2.46. The lowest BCUT2D eigenvalue weighted by Crippen LogP contribution is -2.47. The number of carbonyl (C=O) groups is 3. The standard InChI is InChI=1S/C16H23N3O6S/c1-10(4-9-15(21)22)17-16(23)11(2)19-26(24,25)14-7-5-13(6-8-14)18-12(3)20/h5-8,10-11,19H,4,9H2,1-3H3,(H,17,23)(H,18,20)(H,21,22). The second-order valence-electron chi connectivity index (χ2n) is 5.89. The number of sulfonamides is 1.